The minimum Gasteiger partial charge on any atom is -0.480 e. The maximum atomic E-state index is 11.5. The van der Waals surface area contributed by atoms with Gasteiger partial charge in [0, 0.05) is 0 Å². The molecule has 0 aromatic rings. The summed E-state index contributed by atoms with van der Waals surface area (Å²) in [6, 6.07) is -1.61. The third kappa shape index (κ3) is 10.2. The monoisotopic (exact) mass is 721 g/mol. The number of phosphoric ester groups is 1. The number of hydrogen-bond donors (Lipinski definition) is 12. The van der Waals surface area contributed by atoms with Gasteiger partial charge in [0.2, 0.25) is 0 Å². The molecule has 0 aliphatic carbocycles. The van der Waals surface area contributed by atoms with Crippen LogP contribution in [0, 0.1) is 0 Å². The molecule has 0 saturated carbocycles. The van der Waals surface area contributed by atoms with E-state index in [0.717, 1.165) is 0 Å². The van der Waals surface area contributed by atoms with Gasteiger partial charge in [0.05, 0.1) is 26.4 Å². The number of aliphatic hydroxyl groups excluding tert-OH is 7. The van der Waals surface area contributed by atoms with Crippen molar-refractivity contribution in [3.63, 3.8) is 0 Å². The van der Waals surface area contributed by atoms with Crippen LogP contribution < -0.4 is 5.73 Å². The zero-order valence-corrected chi connectivity index (χ0v) is 25.0. The van der Waals surface area contributed by atoms with E-state index in [-0.39, 0.29) is 0 Å². The number of aliphatic carboxylic acids is 1. The molecular formula is C20H36NO23PS. The molecule has 15 atom stereocenters. The van der Waals surface area contributed by atoms with Gasteiger partial charge in [0.25, 0.3) is 0 Å². The van der Waals surface area contributed by atoms with Gasteiger partial charge < -0.3 is 84.8 Å². The highest BCUT2D eigenvalue weighted by molar-refractivity contribution is 7.80. The van der Waals surface area contributed by atoms with Gasteiger partial charge in [-0.1, -0.05) is 0 Å². The summed E-state index contributed by atoms with van der Waals surface area (Å²) in [5.41, 5.74) is 5.33. The first-order chi connectivity index (χ1) is 21.2. The lowest BCUT2D eigenvalue weighted by atomic mass is 9.97. The highest BCUT2D eigenvalue weighted by Crippen LogP contribution is 2.41. The van der Waals surface area contributed by atoms with Gasteiger partial charge in [-0.25, -0.2) is 8.75 Å². The van der Waals surface area contributed by atoms with E-state index in [1.165, 1.54) is 0 Å². The third-order valence-corrected chi connectivity index (χ3v) is 7.85. The zero-order chi connectivity index (χ0) is 34.7. The Balaban J connectivity index is 1.79. The SMILES string of the molecule is N[C@@H](CO[C@@H]1OC[C@@H](O[C@@H]2O[C@H](COS(=O)(=O)O)[C@H](O[C@@H]3O[C@H](CO)[C@H](O)[C@H](O)[C@H]3O)[C@H](O)[C@H]2O)[C@H](O)[C@H]1OP(=O)(O)O)C(=O)O. The summed E-state index contributed by atoms with van der Waals surface area (Å²) >= 11 is 0. The summed E-state index contributed by atoms with van der Waals surface area (Å²) in [4.78, 5) is 29.6. The molecule has 0 aromatic heterocycles. The molecule has 46 heavy (non-hydrogen) atoms. The fourth-order valence-electron chi connectivity index (χ4n) is 4.54. The van der Waals surface area contributed by atoms with Crippen molar-refractivity contribution in [1.82, 2.24) is 0 Å². The smallest absolute Gasteiger partial charge is 0.470 e. The van der Waals surface area contributed by atoms with E-state index in [1.54, 1.807) is 0 Å². The maximum Gasteiger partial charge on any atom is 0.470 e. The largest absolute Gasteiger partial charge is 0.480 e. The molecule has 0 unspecified atom stereocenters. The molecule has 3 aliphatic heterocycles. The van der Waals surface area contributed by atoms with Gasteiger partial charge in [0.1, 0.15) is 73.2 Å². The topological polar surface area (TPSA) is 391 Å². The molecule has 3 saturated heterocycles. The van der Waals surface area contributed by atoms with Gasteiger partial charge in [0.15, 0.2) is 18.9 Å². The van der Waals surface area contributed by atoms with Gasteiger partial charge in [-0.2, -0.15) is 8.42 Å². The van der Waals surface area contributed by atoms with Gasteiger partial charge in [-0.15, -0.1) is 0 Å². The van der Waals surface area contributed by atoms with Crippen LogP contribution in [0.1, 0.15) is 0 Å². The Labute approximate surface area is 258 Å². The number of phosphoric acid groups is 1. The summed E-state index contributed by atoms with van der Waals surface area (Å²) in [5.74, 6) is -1.51. The molecule has 3 fully saturated rings. The molecule has 0 spiro atoms. The highest BCUT2D eigenvalue weighted by Gasteiger charge is 2.53. The fraction of sp³-hybridized carbons (Fsp3) is 0.950. The van der Waals surface area contributed by atoms with Crippen LogP contribution in [0.5, 0.6) is 0 Å². The molecule has 3 aliphatic rings. The molecule has 0 radical (unpaired) electrons. The molecule has 24 nitrogen and oxygen atoms in total. The fourth-order valence-corrected chi connectivity index (χ4v) is 5.39. The van der Waals surface area contributed by atoms with Gasteiger partial charge in [-0.05, 0) is 0 Å². The molecule has 3 rings (SSSR count). The minimum absolute atomic E-state index is 0.713. The number of hydrogen-bond acceptors (Lipinski definition) is 20. The quantitative estimate of drug-likeness (QED) is 0.0585. The Morgan fingerprint density at radius 1 is 0.870 bits per heavy atom. The number of nitrogens with two attached hydrogens (primary N) is 1. The van der Waals surface area contributed by atoms with E-state index in [0.29, 0.717) is 0 Å². The molecule has 0 amide bonds. The molecule has 0 bridgehead atoms. The second-order valence-electron chi connectivity index (χ2n) is 10.2. The third-order valence-electron chi connectivity index (χ3n) is 6.90. The van der Waals surface area contributed by atoms with Crippen molar-refractivity contribution in [2.24, 2.45) is 5.73 Å². The van der Waals surface area contributed by atoms with Crippen LogP contribution in [-0.4, -0.2) is 188 Å². The summed E-state index contributed by atoms with van der Waals surface area (Å²) in [7, 11) is -10.6. The van der Waals surface area contributed by atoms with E-state index < -0.39 is 143 Å². The Morgan fingerprint density at radius 3 is 2.02 bits per heavy atom. The van der Waals surface area contributed by atoms with Gasteiger partial charge >= 0.3 is 24.2 Å². The average molecular weight is 722 g/mol. The van der Waals surface area contributed by atoms with Crippen LogP contribution in [0.4, 0.5) is 0 Å². The van der Waals surface area contributed by atoms with Crippen LogP contribution in [0.3, 0.4) is 0 Å². The lowest BCUT2D eigenvalue weighted by molar-refractivity contribution is -0.371. The first-order valence-corrected chi connectivity index (χ1v) is 16.0. The van der Waals surface area contributed by atoms with Crippen molar-refractivity contribution in [2.45, 2.75) is 92.1 Å². The highest BCUT2D eigenvalue weighted by atomic mass is 32.3. The molecule has 26 heteroatoms. The Hall–Kier alpha value is -1.11. The summed E-state index contributed by atoms with van der Waals surface area (Å²) in [6.45, 7) is -3.52. The zero-order valence-electron chi connectivity index (χ0n) is 23.2. The predicted octanol–water partition coefficient (Wildman–Crippen LogP) is -7.55. The second-order valence-corrected chi connectivity index (χ2v) is 12.5. The number of rotatable bonds is 14. The average Bonchev–Trinajstić information content (AvgIpc) is 2.96. The van der Waals surface area contributed by atoms with Crippen LogP contribution >= 0.6 is 7.82 Å². The van der Waals surface area contributed by atoms with Gasteiger partial charge in [-0.3, -0.25) is 13.9 Å². The lowest BCUT2D eigenvalue weighted by Crippen LogP contribution is -2.66. The van der Waals surface area contributed by atoms with Crippen molar-refractivity contribution in [2.75, 3.05) is 26.4 Å². The van der Waals surface area contributed by atoms with E-state index >= 15 is 0 Å². The maximum absolute atomic E-state index is 11.5. The number of ether oxygens (including phenoxy) is 6. The predicted molar refractivity (Wildman–Crippen MR) is 136 cm³/mol. The van der Waals surface area contributed by atoms with Crippen molar-refractivity contribution in [3.05, 3.63) is 0 Å². The first-order valence-electron chi connectivity index (χ1n) is 13.1. The van der Waals surface area contributed by atoms with Crippen LogP contribution in [0.15, 0.2) is 0 Å². The van der Waals surface area contributed by atoms with Crippen LogP contribution in [-0.2, 0) is 56.9 Å². The standard InChI is InChI=1S/C20H36NO23PS/c21-5(17(29)30)2-37-20-16(44-45(31,32)33)10(24)7(3-38-20)41-18-14(28)12(26)15(8(42-18)4-39-46(34,35)36)43-19-13(27)11(25)9(23)6(1-22)40-19/h5-16,18-20,22-28H,1-4,21H2,(H,29,30)(H2,31,32,33)(H,34,35,36)/t5-,6+,7+,8+,9-,10-,11-,12+,13+,14+,15-,16+,18+,19-,20+/m0/s1. The van der Waals surface area contributed by atoms with Crippen molar-refractivity contribution in [3.8, 4) is 0 Å². The lowest BCUT2D eigenvalue weighted by Gasteiger charge is -2.47. The van der Waals surface area contributed by atoms with E-state index in [4.69, 9.17) is 43.8 Å². The second kappa shape index (κ2) is 16.1. The Kier molecular flexibility index (Phi) is 13.7. The number of aliphatic hydroxyl groups is 7. The van der Waals surface area contributed by atoms with Crippen molar-refractivity contribution >= 4 is 24.2 Å². The van der Waals surface area contributed by atoms with E-state index in [1.807, 2.05) is 0 Å². The summed E-state index contributed by atoms with van der Waals surface area (Å²) in [5, 5.41) is 81.1. The number of carboxylic acids is 1. The summed E-state index contributed by atoms with van der Waals surface area (Å²) in [6.07, 6.45) is -27.1. The summed E-state index contributed by atoms with van der Waals surface area (Å²) < 4.78 is 83.7. The first kappa shape index (κ1) is 39.3. The Morgan fingerprint density at radius 2 is 1.46 bits per heavy atom. The molecule has 13 N–H and O–H groups in total. The number of carboxylic acid groups (broad SMARTS) is 1. The molecule has 0 aromatic carbocycles. The normalized spacial score (nSPS) is 41.6. The molecular weight excluding hydrogens is 685 g/mol. The van der Waals surface area contributed by atoms with Crippen LogP contribution in [0.25, 0.3) is 0 Å². The van der Waals surface area contributed by atoms with E-state index in [2.05, 4.69) is 8.71 Å². The van der Waals surface area contributed by atoms with E-state index in [9.17, 15) is 63.3 Å². The van der Waals surface area contributed by atoms with Crippen molar-refractivity contribution < 1.29 is 110 Å². The van der Waals surface area contributed by atoms with Crippen LogP contribution in [0.2, 0.25) is 0 Å². The number of carbonyl (C=O) groups is 1. The van der Waals surface area contributed by atoms with Crippen molar-refractivity contribution in [1.29, 1.82) is 0 Å². The molecule has 3 heterocycles. The molecule has 270 valence electrons. The minimum atomic E-state index is -5.39. The Bertz CT molecular complexity index is 1160.